The summed E-state index contributed by atoms with van der Waals surface area (Å²) in [5.41, 5.74) is 6.54. The number of aromatic nitrogens is 2. The number of hydrogen-bond acceptors (Lipinski definition) is 5. The Labute approximate surface area is 151 Å². The van der Waals surface area contributed by atoms with Crippen LogP contribution in [0.4, 0.5) is 0 Å². The minimum absolute atomic E-state index is 0. The number of carbonyl (C=O) groups is 1. The average molecular weight is 371 g/mol. The van der Waals surface area contributed by atoms with Crippen molar-refractivity contribution in [2.24, 2.45) is 11.7 Å². The molecule has 0 saturated carbocycles. The lowest BCUT2D eigenvalue weighted by atomic mass is 10.1. The molecule has 2 atom stereocenters. The van der Waals surface area contributed by atoms with Gasteiger partial charge in [-0.3, -0.25) is 14.2 Å². The SMILES string of the molecule is Cc1sc2ncn(CC(=O)N3CC(CN)CC3C)c(=O)c2c1C.Cl. The van der Waals surface area contributed by atoms with Gasteiger partial charge in [0.2, 0.25) is 5.91 Å². The van der Waals surface area contributed by atoms with Gasteiger partial charge < -0.3 is 10.6 Å². The van der Waals surface area contributed by atoms with Gasteiger partial charge in [-0.15, -0.1) is 23.7 Å². The third-order valence-corrected chi connectivity index (χ3v) is 5.89. The Morgan fingerprint density at radius 1 is 1.46 bits per heavy atom. The molecule has 0 radical (unpaired) electrons. The maximum Gasteiger partial charge on any atom is 0.262 e. The number of nitrogens with two attached hydrogens (primary N) is 1. The van der Waals surface area contributed by atoms with Crippen LogP contribution in [-0.2, 0) is 11.3 Å². The number of hydrogen-bond donors (Lipinski definition) is 1. The molecule has 1 aliphatic heterocycles. The van der Waals surface area contributed by atoms with Crippen LogP contribution in [-0.4, -0.2) is 39.5 Å². The van der Waals surface area contributed by atoms with Gasteiger partial charge in [-0.25, -0.2) is 4.98 Å². The molecular formula is C16H23ClN4O2S. The van der Waals surface area contributed by atoms with Crippen molar-refractivity contribution in [3.05, 3.63) is 27.1 Å². The van der Waals surface area contributed by atoms with Crippen molar-refractivity contribution >= 4 is 39.9 Å². The third kappa shape index (κ3) is 3.20. The maximum absolute atomic E-state index is 12.7. The first-order valence-corrected chi connectivity index (χ1v) is 8.68. The van der Waals surface area contributed by atoms with Crippen LogP contribution in [0.5, 0.6) is 0 Å². The molecule has 24 heavy (non-hydrogen) atoms. The van der Waals surface area contributed by atoms with Gasteiger partial charge >= 0.3 is 0 Å². The fraction of sp³-hybridized carbons (Fsp3) is 0.562. The lowest BCUT2D eigenvalue weighted by molar-refractivity contribution is -0.132. The molecule has 2 N–H and O–H groups in total. The molecule has 1 saturated heterocycles. The molecule has 1 amide bonds. The topological polar surface area (TPSA) is 81.2 Å². The van der Waals surface area contributed by atoms with Gasteiger partial charge in [-0.1, -0.05) is 0 Å². The Bertz CT molecular complexity index is 816. The van der Waals surface area contributed by atoms with Gasteiger partial charge in [0.1, 0.15) is 11.4 Å². The number of halogens is 1. The molecule has 2 aromatic rings. The number of carbonyl (C=O) groups excluding carboxylic acids is 1. The van der Waals surface area contributed by atoms with Gasteiger partial charge in [-0.05, 0) is 45.2 Å². The second-order valence-corrected chi connectivity index (χ2v) is 7.58. The number of rotatable bonds is 3. The third-order valence-electron chi connectivity index (χ3n) is 4.78. The van der Waals surface area contributed by atoms with E-state index in [0.717, 1.165) is 21.7 Å². The summed E-state index contributed by atoms with van der Waals surface area (Å²) in [6, 6.07) is 0.175. The van der Waals surface area contributed by atoms with E-state index in [0.29, 0.717) is 24.4 Å². The van der Waals surface area contributed by atoms with E-state index in [2.05, 4.69) is 4.98 Å². The number of thiophene rings is 1. The minimum atomic E-state index is -0.132. The lowest BCUT2D eigenvalue weighted by Gasteiger charge is -2.21. The normalized spacial score (nSPS) is 20.4. The minimum Gasteiger partial charge on any atom is -0.338 e. The Hall–Kier alpha value is -1.44. The van der Waals surface area contributed by atoms with E-state index in [4.69, 9.17) is 5.73 Å². The smallest absolute Gasteiger partial charge is 0.262 e. The zero-order chi connectivity index (χ0) is 16.7. The summed E-state index contributed by atoms with van der Waals surface area (Å²) in [7, 11) is 0. The predicted molar refractivity (Wildman–Crippen MR) is 98.9 cm³/mol. The van der Waals surface area contributed by atoms with Crippen LogP contribution in [0.2, 0.25) is 0 Å². The molecule has 3 heterocycles. The fourth-order valence-electron chi connectivity index (χ4n) is 3.28. The molecule has 132 valence electrons. The standard InChI is InChI=1S/C16H22N4O2S.ClH/c1-9-4-12(5-17)6-20(9)13(21)7-19-8-18-15-14(16(19)22)10(2)11(3)23-15;/h8-9,12H,4-7,17H2,1-3H3;1H. The number of nitrogens with zero attached hydrogens (tertiary/aromatic N) is 3. The Balaban J connectivity index is 0.00000208. The van der Waals surface area contributed by atoms with E-state index in [1.54, 1.807) is 0 Å². The van der Waals surface area contributed by atoms with E-state index >= 15 is 0 Å². The highest BCUT2D eigenvalue weighted by atomic mass is 35.5. The van der Waals surface area contributed by atoms with Crippen LogP contribution in [0.1, 0.15) is 23.8 Å². The first kappa shape index (κ1) is 18.9. The van der Waals surface area contributed by atoms with Crippen LogP contribution in [0.3, 0.4) is 0 Å². The lowest BCUT2D eigenvalue weighted by Crippen LogP contribution is -2.39. The van der Waals surface area contributed by atoms with Crippen molar-refractivity contribution < 1.29 is 4.79 Å². The van der Waals surface area contributed by atoms with Crippen LogP contribution in [0, 0.1) is 19.8 Å². The fourth-order valence-corrected chi connectivity index (χ4v) is 4.27. The highest BCUT2D eigenvalue weighted by Crippen LogP contribution is 2.26. The second-order valence-electron chi connectivity index (χ2n) is 6.37. The molecule has 8 heteroatoms. The Morgan fingerprint density at radius 3 is 2.79 bits per heavy atom. The summed E-state index contributed by atoms with van der Waals surface area (Å²) in [5.74, 6) is 0.314. The highest BCUT2D eigenvalue weighted by molar-refractivity contribution is 7.18. The predicted octanol–water partition coefficient (Wildman–Crippen LogP) is 1.69. The quantitative estimate of drug-likeness (QED) is 0.891. The number of likely N-dealkylation sites (tertiary alicyclic amines) is 1. The first-order valence-electron chi connectivity index (χ1n) is 7.87. The molecule has 0 aromatic carbocycles. The second kappa shape index (κ2) is 7.21. The highest BCUT2D eigenvalue weighted by Gasteiger charge is 2.31. The first-order chi connectivity index (χ1) is 10.9. The van der Waals surface area contributed by atoms with Gasteiger partial charge in [0.15, 0.2) is 0 Å². The van der Waals surface area contributed by atoms with Gasteiger partial charge in [-0.2, -0.15) is 0 Å². The summed E-state index contributed by atoms with van der Waals surface area (Å²) in [4.78, 5) is 33.2. The van der Waals surface area contributed by atoms with Gasteiger partial charge in [0.25, 0.3) is 5.56 Å². The van der Waals surface area contributed by atoms with E-state index in [1.165, 1.54) is 22.2 Å². The van der Waals surface area contributed by atoms with Crippen molar-refractivity contribution in [1.29, 1.82) is 0 Å². The van der Waals surface area contributed by atoms with Gasteiger partial charge in [0, 0.05) is 17.5 Å². The molecule has 1 fully saturated rings. The largest absolute Gasteiger partial charge is 0.338 e. The molecule has 0 aliphatic carbocycles. The van der Waals surface area contributed by atoms with Crippen LogP contribution < -0.4 is 11.3 Å². The Kier molecular flexibility index (Phi) is 5.67. The molecule has 6 nitrogen and oxygen atoms in total. The van der Waals surface area contributed by atoms with E-state index < -0.39 is 0 Å². The van der Waals surface area contributed by atoms with Crippen molar-refractivity contribution in [3.8, 4) is 0 Å². The average Bonchev–Trinajstić information content (AvgIpc) is 3.03. The van der Waals surface area contributed by atoms with E-state index in [1.807, 2.05) is 25.7 Å². The van der Waals surface area contributed by atoms with Crippen molar-refractivity contribution in [1.82, 2.24) is 14.5 Å². The molecule has 2 aromatic heterocycles. The van der Waals surface area contributed by atoms with E-state index in [9.17, 15) is 9.59 Å². The monoisotopic (exact) mass is 370 g/mol. The van der Waals surface area contributed by atoms with Crippen LogP contribution >= 0.6 is 23.7 Å². The molecule has 0 bridgehead atoms. The number of amides is 1. The molecule has 2 unspecified atom stereocenters. The van der Waals surface area contributed by atoms with E-state index in [-0.39, 0.29) is 36.5 Å². The maximum atomic E-state index is 12.7. The van der Waals surface area contributed by atoms with Crippen LogP contribution in [0.25, 0.3) is 10.2 Å². The molecule has 3 rings (SSSR count). The summed E-state index contributed by atoms with van der Waals surface area (Å²) in [5, 5.41) is 0.636. The zero-order valence-electron chi connectivity index (χ0n) is 14.1. The molecule has 0 spiro atoms. The summed E-state index contributed by atoms with van der Waals surface area (Å²) in [6.07, 6.45) is 2.41. The zero-order valence-corrected chi connectivity index (χ0v) is 15.7. The summed E-state index contributed by atoms with van der Waals surface area (Å²) < 4.78 is 1.42. The van der Waals surface area contributed by atoms with Gasteiger partial charge in [0.05, 0.1) is 11.7 Å². The summed E-state index contributed by atoms with van der Waals surface area (Å²) >= 11 is 1.52. The Morgan fingerprint density at radius 2 is 2.17 bits per heavy atom. The van der Waals surface area contributed by atoms with Crippen molar-refractivity contribution in [2.45, 2.75) is 39.8 Å². The van der Waals surface area contributed by atoms with Crippen molar-refractivity contribution in [3.63, 3.8) is 0 Å². The number of fused-ring (bicyclic) bond motifs is 1. The number of aryl methyl sites for hydroxylation is 2. The van der Waals surface area contributed by atoms with Crippen LogP contribution in [0.15, 0.2) is 11.1 Å². The molecular weight excluding hydrogens is 348 g/mol. The molecule has 1 aliphatic rings. The van der Waals surface area contributed by atoms with Crippen molar-refractivity contribution in [2.75, 3.05) is 13.1 Å². The summed E-state index contributed by atoms with van der Waals surface area (Å²) in [6.45, 7) is 7.25.